The number of carbonyl (C=O) groups is 1. The minimum Gasteiger partial charge on any atom is -0.369 e. The SMILES string of the molecule is CCNC(=NCc1cccnc1N1CCCC(C(N)=O)C1)NCCc1ccc(Cl)cc1.I. The van der Waals surface area contributed by atoms with E-state index in [-0.39, 0.29) is 35.8 Å². The zero-order valence-electron chi connectivity index (χ0n) is 18.4. The van der Waals surface area contributed by atoms with Gasteiger partial charge in [-0.3, -0.25) is 4.79 Å². The molecule has 2 heterocycles. The molecule has 0 saturated carbocycles. The van der Waals surface area contributed by atoms with Crippen LogP contribution in [-0.2, 0) is 17.8 Å². The number of nitrogens with zero attached hydrogens (tertiary/aromatic N) is 3. The Kier molecular flexibility index (Phi) is 11.0. The standard InChI is InChI=1S/C23H31ClN6O.HI/c1-2-26-23(28-13-11-17-7-9-20(24)10-8-17)29-15-18-5-3-12-27-22(18)30-14-4-6-19(16-30)21(25)31;/h3,5,7-10,12,19H,2,4,6,11,13-16H2,1H3,(H2,25,31)(H2,26,28,29);1H. The van der Waals surface area contributed by atoms with Crippen molar-refractivity contribution in [3.8, 4) is 0 Å². The highest BCUT2D eigenvalue weighted by molar-refractivity contribution is 14.0. The molecule has 1 aromatic heterocycles. The number of aromatic nitrogens is 1. The zero-order valence-corrected chi connectivity index (χ0v) is 21.5. The van der Waals surface area contributed by atoms with Crippen LogP contribution in [0, 0.1) is 5.92 Å². The first-order chi connectivity index (χ1) is 15.1. The van der Waals surface area contributed by atoms with Gasteiger partial charge in [-0.15, -0.1) is 24.0 Å². The summed E-state index contributed by atoms with van der Waals surface area (Å²) in [6.07, 6.45) is 4.43. The van der Waals surface area contributed by atoms with Crippen LogP contribution in [0.2, 0.25) is 5.02 Å². The van der Waals surface area contributed by atoms with Gasteiger partial charge >= 0.3 is 0 Å². The summed E-state index contributed by atoms with van der Waals surface area (Å²) in [4.78, 5) is 23.1. The first-order valence-electron chi connectivity index (χ1n) is 10.8. The van der Waals surface area contributed by atoms with E-state index in [0.29, 0.717) is 13.1 Å². The summed E-state index contributed by atoms with van der Waals surface area (Å²) < 4.78 is 0. The molecule has 3 rings (SSSR count). The number of nitrogens with two attached hydrogens (primary N) is 1. The van der Waals surface area contributed by atoms with E-state index < -0.39 is 0 Å². The van der Waals surface area contributed by atoms with E-state index in [1.54, 1.807) is 6.20 Å². The third-order valence-corrected chi connectivity index (χ3v) is 5.61. The molecule has 0 bridgehead atoms. The lowest BCUT2D eigenvalue weighted by molar-refractivity contribution is -0.122. The molecular weight excluding hydrogens is 539 g/mol. The number of benzene rings is 1. The third-order valence-electron chi connectivity index (χ3n) is 5.36. The minimum atomic E-state index is -0.237. The van der Waals surface area contributed by atoms with E-state index >= 15 is 0 Å². The molecule has 0 aliphatic carbocycles. The van der Waals surface area contributed by atoms with Gasteiger partial charge in [-0.25, -0.2) is 9.98 Å². The number of nitrogens with one attached hydrogen (secondary N) is 2. The number of carbonyl (C=O) groups excluding carboxylic acids is 1. The molecule has 32 heavy (non-hydrogen) atoms. The summed E-state index contributed by atoms with van der Waals surface area (Å²) in [5.74, 6) is 1.28. The van der Waals surface area contributed by atoms with Crippen molar-refractivity contribution in [2.45, 2.75) is 32.7 Å². The van der Waals surface area contributed by atoms with Crippen molar-refractivity contribution >= 4 is 53.3 Å². The molecule has 0 radical (unpaired) electrons. The number of anilines is 1. The summed E-state index contributed by atoms with van der Waals surface area (Å²) in [6.45, 7) is 5.57. The number of hydrogen-bond donors (Lipinski definition) is 3. The average Bonchev–Trinajstić information content (AvgIpc) is 2.79. The molecule has 7 nitrogen and oxygen atoms in total. The highest BCUT2D eigenvalue weighted by Gasteiger charge is 2.25. The van der Waals surface area contributed by atoms with Gasteiger partial charge in [-0.1, -0.05) is 29.8 Å². The smallest absolute Gasteiger partial charge is 0.222 e. The molecule has 0 spiro atoms. The van der Waals surface area contributed by atoms with E-state index in [0.717, 1.165) is 61.3 Å². The van der Waals surface area contributed by atoms with Gasteiger partial charge in [0.25, 0.3) is 0 Å². The number of rotatable bonds is 8. The number of aliphatic imine (C=N–C) groups is 1. The largest absolute Gasteiger partial charge is 0.369 e. The second kappa shape index (κ2) is 13.5. The first kappa shape index (κ1) is 26.2. The number of amides is 1. The van der Waals surface area contributed by atoms with E-state index in [1.165, 1.54) is 5.56 Å². The normalized spacial score (nSPS) is 16.2. The van der Waals surface area contributed by atoms with Gasteiger partial charge in [-0.05, 0) is 49.9 Å². The Bertz CT molecular complexity index is 892. The van der Waals surface area contributed by atoms with Crippen molar-refractivity contribution in [3.05, 3.63) is 58.7 Å². The van der Waals surface area contributed by atoms with Crippen molar-refractivity contribution in [1.82, 2.24) is 15.6 Å². The molecule has 1 aromatic carbocycles. The number of pyridine rings is 1. The number of halogens is 2. The molecule has 1 atom stereocenters. The van der Waals surface area contributed by atoms with Crippen LogP contribution in [0.25, 0.3) is 0 Å². The molecule has 2 aromatic rings. The monoisotopic (exact) mass is 570 g/mol. The molecule has 1 aliphatic rings. The van der Waals surface area contributed by atoms with Gasteiger partial charge in [-0.2, -0.15) is 0 Å². The van der Waals surface area contributed by atoms with E-state index in [9.17, 15) is 4.79 Å². The molecule has 174 valence electrons. The van der Waals surface area contributed by atoms with Crippen LogP contribution in [-0.4, -0.2) is 43.0 Å². The van der Waals surface area contributed by atoms with Gasteiger partial charge in [0, 0.05) is 43.0 Å². The molecule has 1 aliphatic heterocycles. The van der Waals surface area contributed by atoms with Crippen LogP contribution in [0.5, 0.6) is 0 Å². The van der Waals surface area contributed by atoms with Gasteiger partial charge in [0.15, 0.2) is 5.96 Å². The van der Waals surface area contributed by atoms with Crippen molar-refractivity contribution in [3.63, 3.8) is 0 Å². The molecule has 1 saturated heterocycles. The molecule has 4 N–H and O–H groups in total. The summed E-state index contributed by atoms with van der Waals surface area (Å²) in [5, 5.41) is 7.42. The average molecular weight is 571 g/mol. The summed E-state index contributed by atoms with van der Waals surface area (Å²) in [6, 6.07) is 11.8. The highest BCUT2D eigenvalue weighted by Crippen LogP contribution is 2.25. The van der Waals surface area contributed by atoms with E-state index in [1.807, 2.05) is 43.3 Å². The fraction of sp³-hybridized carbons (Fsp3) is 0.435. The highest BCUT2D eigenvalue weighted by atomic mass is 127. The lowest BCUT2D eigenvalue weighted by atomic mass is 9.97. The maximum absolute atomic E-state index is 11.7. The van der Waals surface area contributed by atoms with Crippen LogP contribution < -0.4 is 21.3 Å². The van der Waals surface area contributed by atoms with Crippen LogP contribution >= 0.6 is 35.6 Å². The van der Waals surface area contributed by atoms with Gasteiger partial charge < -0.3 is 21.3 Å². The van der Waals surface area contributed by atoms with Crippen molar-refractivity contribution < 1.29 is 4.79 Å². The molecule has 9 heteroatoms. The Morgan fingerprint density at radius 3 is 2.78 bits per heavy atom. The van der Waals surface area contributed by atoms with E-state index in [4.69, 9.17) is 22.3 Å². The Morgan fingerprint density at radius 1 is 1.28 bits per heavy atom. The Labute approximate surface area is 212 Å². The number of piperidine rings is 1. The van der Waals surface area contributed by atoms with Crippen LogP contribution in [0.15, 0.2) is 47.6 Å². The molecule has 1 fully saturated rings. The topological polar surface area (TPSA) is 95.6 Å². The third kappa shape index (κ3) is 7.81. The fourth-order valence-electron chi connectivity index (χ4n) is 3.72. The van der Waals surface area contributed by atoms with Crippen molar-refractivity contribution in [1.29, 1.82) is 0 Å². The zero-order chi connectivity index (χ0) is 22.1. The summed E-state index contributed by atoms with van der Waals surface area (Å²) >= 11 is 5.95. The maximum atomic E-state index is 11.7. The van der Waals surface area contributed by atoms with Crippen LogP contribution in [0.4, 0.5) is 5.82 Å². The number of guanidine groups is 1. The van der Waals surface area contributed by atoms with Crippen LogP contribution in [0.3, 0.4) is 0 Å². The van der Waals surface area contributed by atoms with Gasteiger partial charge in [0.2, 0.25) is 5.91 Å². The lowest BCUT2D eigenvalue weighted by Gasteiger charge is -2.33. The van der Waals surface area contributed by atoms with Crippen molar-refractivity contribution in [2.75, 3.05) is 31.1 Å². The predicted molar refractivity (Wildman–Crippen MR) is 142 cm³/mol. The quantitative estimate of drug-likeness (QED) is 0.257. The fourth-order valence-corrected chi connectivity index (χ4v) is 3.85. The van der Waals surface area contributed by atoms with Gasteiger partial charge in [0.1, 0.15) is 5.82 Å². The Morgan fingerprint density at radius 2 is 2.06 bits per heavy atom. The predicted octanol–water partition coefficient (Wildman–Crippen LogP) is 3.35. The summed E-state index contributed by atoms with van der Waals surface area (Å²) in [7, 11) is 0. The number of hydrogen-bond acceptors (Lipinski definition) is 4. The second-order valence-electron chi connectivity index (χ2n) is 7.67. The van der Waals surface area contributed by atoms with Crippen molar-refractivity contribution in [2.24, 2.45) is 16.6 Å². The molecule has 1 amide bonds. The second-order valence-corrected chi connectivity index (χ2v) is 8.11. The van der Waals surface area contributed by atoms with Crippen LogP contribution in [0.1, 0.15) is 30.9 Å². The Balaban J connectivity index is 0.00000363. The van der Waals surface area contributed by atoms with E-state index in [2.05, 4.69) is 20.5 Å². The molecular formula is C23H32ClIN6O. The summed E-state index contributed by atoms with van der Waals surface area (Å²) in [5.41, 5.74) is 7.79. The molecule has 1 unspecified atom stereocenters. The Hall–Kier alpha value is -2.07. The first-order valence-corrected chi connectivity index (χ1v) is 11.2. The maximum Gasteiger partial charge on any atom is 0.222 e. The lowest BCUT2D eigenvalue weighted by Crippen LogP contribution is -2.42. The number of primary amides is 1. The van der Waals surface area contributed by atoms with Gasteiger partial charge in [0.05, 0.1) is 12.5 Å². The minimum absolute atomic E-state index is 0.